The van der Waals surface area contributed by atoms with Crippen molar-refractivity contribution < 1.29 is 9.47 Å². The van der Waals surface area contributed by atoms with Gasteiger partial charge in [-0.25, -0.2) is 0 Å². The molecule has 112 valence electrons. The SMILES string of the molecule is COc1cc(Cl)cc(CN)c1OCCSc1ccccc1. The largest absolute Gasteiger partial charge is 0.493 e. The molecule has 0 atom stereocenters. The Kier molecular flexibility index (Phi) is 6.23. The van der Waals surface area contributed by atoms with Gasteiger partial charge in [-0.2, -0.15) is 0 Å². The van der Waals surface area contributed by atoms with E-state index < -0.39 is 0 Å². The van der Waals surface area contributed by atoms with E-state index in [-0.39, 0.29) is 0 Å². The standard InChI is InChI=1S/C16H18ClNO2S/c1-19-15-10-13(17)9-12(11-18)16(15)20-7-8-21-14-5-3-2-4-6-14/h2-6,9-10H,7-8,11,18H2,1H3. The van der Waals surface area contributed by atoms with Crippen LogP contribution < -0.4 is 15.2 Å². The molecule has 2 aromatic rings. The summed E-state index contributed by atoms with van der Waals surface area (Å²) in [6.45, 7) is 0.933. The van der Waals surface area contributed by atoms with Crippen molar-refractivity contribution in [2.24, 2.45) is 5.73 Å². The molecule has 0 aliphatic rings. The first-order valence-electron chi connectivity index (χ1n) is 6.61. The molecule has 2 rings (SSSR count). The zero-order valence-electron chi connectivity index (χ0n) is 11.8. The van der Waals surface area contributed by atoms with Gasteiger partial charge in [-0.1, -0.05) is 29.8 Å². The minimum absolute atomic E-state index is 0.359. The van der Waals surface area contributed by atoms with Crippen LogP contribution in [-0.2, 0) is 6.54 Å². The average Bonchev–Trinajstić information content (AvgIpc) is 2.52. The van der Waals surface area contributed by atoms with E-state index in [0.29, 0.717) is 29.7 Å². The summed E-state index contributed by atoms with van der Waals surface area (Å²) >= 11 is 7.77. The molecule has 0 aliphatic heterocycles. The predicted octanol–water partition coefficient (Wildman–Crippen LogP) is 3.98. The van der Waals surface area contributed by atoms with Crippen molar-refractivity contribution in [2.45, 2.75) is 11.4 Å². The highest BCUT2D eigenvalue weighted by Crippen LogP contribution is 2.34. The zero-order chi connectivity index (χ0) is 15.1. The van der Waals surface area contributed by atoms with Crippen LogP contribution in [0.5, 0.6) is 11.5 Å². The van der Waals surface area contributed by atoms with Crippen molar-refractivity contribution in [3.8, 4) is 11.5 Å². The van der Waals surface area contributed by atoms with Crippen LogP contribution in [-0.4, -0.2) is 19.5 Å². The summed E-state index contributed by atoms with van der Waals surface area (Å²) in [6, 6.07) is 13.8. The molecule has 0 aliphatic carbocycles. The molecular weight excluding hydrogens is 306 g/mol. The Hall–Kier alpha value is -1.36. The van der Waals surface area contributed by atoms with E-state index in [2.05, 4.69) is 12.1 Å². The van der Waals surface area contributed by atoms with Gasteiger partial charge in [-0.15, -0.1) is 11.8 Å². The number of methoxy groups -OCH3 is 1. The Labute approximate surface area is 134 Å². The van der Waals surface area contributed by atoms with Crippen LogP contribution in [0.15, 0.2) is 47.4 Å². The summed E-state index contributed by atoms with van der Waals surface area (Å²) < 4.78 is 11.2. The first-order valence-corrected chi connectivity index (χ1v) is 7.98. The Balaban J connectivity index is 1.96. The Morgan fingerprint density at radius 1 is 1.19 bits per heavy atom. The molecule has 5 heteroatoms. The third-order valence-electron chi connectivity index (χ3n) is 2.88. The minimum atomic E-state index is 0.359. The molecule has 0 heterocycles. The molecule has 0 saturated heterocycles. The molecule has 0 fully saturated rings. The number of nitrogens with two attached hydrogens (primary N) is 1. The van der Waals surface area contributed by atoms with E-state index in [9.17, 15) is 0 Å². The molecule has 2 aromatic carbocycles. The highest BCUT2D eigenvalue weighted by molar-refractivity contribution is 7.99. The molecule has 0 radical (unpaired) electrons. The van der Waals surface area contributed by atoms with Crippen molar-refractivity contribution in [1.29, 1.82) is 0 Å². The van der Waals surface area contributed by atoms with Gasteiger partial charge in [0, 0.05) is 33.8 Å². The van der Waals surface area contributed by atoms with E-state index >= 15 is 0 Å². The van der Waals surface area contributed by atoms with Gasteiger partial charge in [0.1, 0.15) is 0 Å². The highest BCUT2D eigenvalue weighted by atomic mass is 35.5. The van der Waals surface area contributed by atoms with Crippen LogP contribution >= 0.6 is 23.4 Å². The van der Waals surface area contributed by atoms with Gasteiger partial charge in [-0.05, 0) is 18.2 Å². The Morgan fingerprint density at radius 3 is 2.62 bits per heavy atom. The normalized spacial score (nSPS) is 10.4. The fraction of sp³-hybridized carbons (Fsp3) is 0.250. The van der Waals surface area contributed by atoms with E-state index in [0.717, 1.165) is 11.3 Å². The summed E-state index contributed by atoms with van der Waals surface area (Å²) in [7, 11) is 1.59. The van der Waals surface area contributed by atoms with Crippen molar-refractivity contribution >= 4 is 23.4 Å². The van der Waals surface area contributed by atoms with Crippen LogP contribution in [0.2, 0.25) is 5.02 Å². The summed E-state index contributed by atoms with van der Waals surface area (Å²) in [5, 5.41) is 0.596. The van der Waals surface area contributed by atoms with Crippen molar-refractivity contribution in [1.82, 2.24) is 0 Å². The lowest BCUT2D eigenvalue weighted by Gasteiger charge is -2.14. The lowest BCUT2D eigenvalue weighted by Crippen LogP contribution is -2.07. The fourth-order valence-electron chi connectivity index (χ4n) is 1.91. The van der Waals surface area contributed by atoms with Crippen molar-refractivity contribution in [2.75, 3.05) is 19.5 Å². The molecule has 0 amide bonds. The molecular formula is C16H18ClNO2S. The second-order valence-electron chi connectivity index (χ2n) is 4.31. The number of hydrogen-bond donors (Lipinski definition) is 1. The predicted molar refractivity (Wildman–Crippen MR) is 88.6 cm³/mol. The first-order chi connectivity index (χ1) is 10.2. The van der Waals surface area contributed by atoms with Gasteiger partial charge in [0.15, 0.2) is 11.5 Å². The molecule has 21 heavy (non-hydrogen) atoms. The second kappa shape index (κ2) is 8.17. The van der Waals surface area contributed by atoms with E-state index in [4.69, 9.17) is 26.8 Å². The number of hydrogen-bond acceptors (Lipinski definition) is 4. The summed E-state index contributed by atoms with van der Waals surface area (Å²) in [5.41, 5.74) is 6.59. The van der Waals surface area contributed by atoms with Crippen LogP contribution in [0, 0.1) is 0 Å². The quantitative estimate of drug-likeness (QED) is 0.618. The van der Waals surface area contributed by atoms with Gasteiger partial charge < -0.3 is 15.2 Å². The number of benzene rings is 2. The van der Waals surface area contributed by atoms with Gasteiger partial charge in [0.2, 0.25) is 0 Å². The van der Waals surface area contributed by atoms with Crippen LogP contribution in [0.1, 0.15) is 5.56 Å². The summed E-state index contributed by atoms with van der Waals surface area (Å²) in [5.74, 6) is 2.14. The maximum absolute atomic E-state index is 6.03. The molecule has 0 aromatic heterocycles. The number of ether oxygens (including phenoxy) is 2. The van der Waals surface area contributed by atoms with Crippen molar-refractivity contribution in [3.63, 3.8) is 0 Å². The van der Waals surface area contributed by atoms with Gasteiger partial charge in [0.05, 0.1) is 13.7 Å². The van der Waals surface area contributed by atoms with Crippen LogP contribution in [0.25, 0.3) is 0 Å². The van der Waals surface area contributed by atoms with E-state index in [1.165, 1.54) is 4.90 Å². The molecule has 0 saturated carbocycles. The smallest absolute Gasteiger partial charge is 0.165 e. The van der Waals surface area contributed by atoms with E-state index in [1.807, 2.05) is 24.3 Å². The zero-order valence-corrected chi connectivity index (χ0v) is 13.4. The summed E-state index contributed by atoms with van der Waals surface area (Å²) in [6.07, 6.45) is 0. The number of halogens is 1. The third kappa shape index (κ3) is 4.56. The second-order valence-corrected chi connectivity index (χ2v) is 5.92. The van der Waals surface area contributed by atoms with Gasteiger partial charge in [0.25, 0.3) is 0 Å². The van der Waals surface area contributed by atoms with Gasteiger partial charge in [-0.3, -0.25) is 0 Å². The molecule has 3 nitrogen and oxygen atoms in total. The highest BCUT2D eigenvalue weighted by Gasteiger charge is 2.11. The minimum Gasteiger partial charge on any atom is -0.493 e. The Bertz CT molecular complexity index is 553. The lowest BCUT2D eigenvalue weighted by molar-refractivity contribution is 0.310. The van der Waals surface area contributed by atoms with Crippen LogP contribution in [0.4, 0.5) is 0 Å². The first kappa shape index (κ1) is 16.0. The van der Waals surface area contributed by atoms with Crippen molar-refractivity contribution in [3.05, 3.63) is 53.1 Å². The Morgan fingerprint density at radius 2 is 1.95 bits per heavy atom. The lowest BCUT2D eigenvalue weighted by atomic mass is 10.2. The monoisotopic (exact) mass is 323 g/mol. The topological polar surface area (TPSA) is 44.5 Å². The molecule has 0 unspecified atom stereocenters. The average molecular weight is 324 g/mol. The molecule has 0 spiro atoms. The van der Waals surface area contributed by atoms with Crippen LogP contribution in [0.3, 0.4) is 0 Å². The summed E-state index contributed by atoms with van der Waals surface area (Å²) in [4.78, 5) is 1.23. The molecule has 0 bridgehead atoms. The third-order valence-corrected chi connectivity index (χ3v) is 4.07. The molecule has 2 N–H and O–H groups in total. The number of rotatable bonds is 7. The number of thioether (sulfide) groups is 1. The van der Waals surface area contributed by atoms with E-state index in [1.54, 1.807) is 24.9 Å². The maximum atomic E-state index is 6.03. The fourth-order valence-corrected chi connectivity index (χ4v) is 2.89. The van der Waals surface area contributed by atoms with Gasteiger partial charge >= 0.3 is 0 Å². The maximum Gasteiger partial charge on any atom is 0.165 e.